The third-order valence-electron chi connectivity index (χ3n) is 4.20. The second kappa shape index (κ2) is 5.60. The summed E-state index contributed by atoms with van der Waals surface area (Å²) in [5.74, 6) is 1.89. The zero-order valence-electron chi connectivity index (χ0n) is 11.7. The highest BCUT2D eigenvalue weighted by atomic mass is 15.0. The number of anilines is 1. The van der Waals surface area contributed by atoms with Crippen molar-refractivity contribution in [2.45, 2.75) is 39.0 Å². The van der Waals surface area contributed by atoms with E-state index in [1.54, 1.807) is 0 Å². The molecular weight excluding hydrogens is 232 g/mol. The summed E-state index contributed by atoms with van der Waals surface area (Å²) < 4.78 is 0. The van der Waals surface area contributed by atoms with Crippen molar-refractivity contribution in [2.75, 3.05) is 11.9 Å². The van der Waals surface area contributed by atoms with Gasteiger partial charge in [-0.3, -0.25) is 0 Å². The van der Waals surface area contributed by atoms with E-state index < -0.39 is 0 Å². The third kappa shape index (κ3) is 2.89. The predicted molar refractivity (Wildman–Crippen MR) is 81.5 cm³/mol. The average molecular weight is 254 g/mol. The van der Waals surface area contributed by atoms with Crippen molar-refractivity contribution in [3.8, 4) is 0 Å². The molecule has 2 nitrogen and oxygen atoms in total. The van der Waals surface area contributed by atoms with Gasteiger partial charge in [0.25, 0.3) is 0 Å². The molecule has 1 N–H and O–H groups in total. The van der Waals surface area contributed by atoms with E-state index in [0.717, 1.165) is 23.8 Å². The number of hydrogen-bond donors (Lipinski definition) is 1. The molecule has 0 radical (unpaired) electrons. The number of nitrogens with zero attached hydrogens (tertiary/aromatic N) is 1. The molecule has 2 heteroatoms. The molecule has 3 rings (SSSR count). The SMILES string of the molecule is Cc1cc2ccccc2nc1NCC1CCCCC1. The second-order valence-electron chi connectivity index (χ2n) is 5.73. The maximum absolute atomic E-state index is 4.75. The lowest BCUT2D eigenvalue weighted by atomic mass is 9.89. The minimum atomic E-state index is 0.835. The van der Waals surface area contributed by atoms with Gasteiger partial charge in [0.05, 0.1) is 5.52 Å². The van der Waals surface area contributed by atoms with Crippen LogP contribution in [0.4, 0.5) is 5.82 Å². The number of aromatic nitrogens is 1. The van der Waals surface area contributed by atoms with Crippen molar-refractivity contribution in [1.29, 1.82) is 0 Å². The van der Waals surface area contributed by atoms with E-state index in [1.165, 1.54) is 43.1 Å². The van der Waals surface area contributed by atoms with E-state index >= 15 is 0 Å². The highest BCUT2D eigenvalue weighted by Gasteiger charge is 2.13. The van der Waals surface area contributed by atoms with Gasteiger partial charge < -0.3 is 5.32 Å². The van der Waals surface area contributed by atoms with Crippen molar-refractivity contribution in [3.05, 3.63) is 35.9 Å². The molecular formula is C17H22N2. The van der Waals surface area contributed by atoms with Crippen LogP contribution in [-0.4, -0.2) is 11.5 Å². The maximum Gasteiger partial charge on any atom is 0.129 e. The molecule has 1 aliphatic carbocycles. The summed E-state index contributed by atoms with van der Waals surface area (Å²) >= 11 is 0. The van der Waals surface area contributed by atoms with Gasteiger partial charge in [0, 0.05) is 11.9 Å². The molecule has 1 heterocycles. The largest absolute Gasteiger partial charge is 0.370 e. The molecule has 0 spiro atoms. The Kier molecular flexibility index (Phi) is 3.67. The Labute approximate surface area is 115 Å². The Balaban J connectivity index is 1.74. The quantitative estimate of drug-likeness (QED) is 0.870. The fourth-order valence-corrected chi connectivity index (χ4v) is 3.03. The van der Waals surface area contributed by atoms with Gasteiger partial charge in [-0.25, -0.2) is 4.98 Å². The topological polar surface area (TPSA) is 24.9 Å². The molecule has 0 bridgehead atoms. The first-order valence-corrected chi connectivity index (χ1v) is 7.43. The van der Waals surface area contributed by atoms with E-state index in [9.17, 15) is 0 Å². The summed E-state index contributed by atoms with van der Waals surface area (Å²) in [5.41, 5.74) is 2.33. The summed E-state index contributed by atoms with van der Waals surface area (Å²) in [6.45, 7) is 3.22. The first kappa shape index (κ1) is 12.5. The summed E-state index contributed by atoms with van der Waals surface area (Å²) in [6.07, 6.45) is 6.97. The second-order valence-corrected chi connectivity index (χ2v) is 5.73. The van der Waals surface area contributed by atoms with Crippen LogP contribution < -0.4 is 5.32 Å². The van der Waals surface area contributed by atoms with Gasteiger partial charge in [0.15, 0.2) is 0 Å². The van der Waals surface area contributed by atoms with Gasteiger partial charge in [-0.1, -0.05) is 37.5 Å². The van der Waals surface area contributed by atoms with E-state index in [1.807, 2.05) is 0 Å². The fourth-order valence-electron chi connectivity index (χ4n) is 3.03. The standard InChI is InChI=1S/C17H22N2/c1-13-11-15-9-5-6-10-16(15)19-17(13)18-12-14-7-3-2-4-8-14/h5-6,9-11,14H,2-4,7-8,12H2,1H3,(H,18,19). The van der Waals surface area contributed by atoms with Gasteiger partial charge >= 0.3 is 0 Å². The van der Waals surface area contributed by atoms with Crippen LogP contribution >= 0.6 is 0 Å². The van der Waals surface area contributed by atoms with Crippen LogP contribution in [0, 0.1) is 12.8 Å². The first-order chi connectivity index (χ1) is 9.33. The minimum Gasteiger partial charge on any atom is -0.370 e. The molecule has 1 aromatic heterocycles. The molecule has 0 aliphatic heterocycles. The van der Waals surface area contributed by atoms with E-state index in [2.05, 4.69) is 42.6 Å². The van der Waals surface area contributed by atoms with Crippen molar-refractivity contribution in [2.24, 2.45) is 5.92 Å². The van der Waals surface area contributed by atoms with Gasteiger partial charge in [0.2, 0.25) is 0 Å². The van der Waals surface area contributed by atoms with Gasteiger partial charge in [0.1, 0.15) is 5.82 Å². The summed E-state index contributed by atoms with van der Waals surface area (Å²) in [4.78, 5) is 4.75. The molecule has 0 unspecified atom stereocenters. The highest BCUT2D eigenvalue weighted by Crippen LogP contribution is 2.25. The molecule has 0 atom stereocenters. The molecule has 2 aromatic rings. The van der Waals surface area contributed by atoms with Crippen LogP contribution in [0.15, 0.2) is 30.3 Å². The molecule has 0 amide bonds. The van der Waals surface area contributed by atoms with Crippen molar-refractivity contribution >= 4 is 16.7 Å². The van der Waals surface area contributed by atoms with Crippen molar-refractivity contribution in [1.82, 2.24) is 4.98 Å². The predicted octanol–water partition coefficient (Wildman–Crippen LogP) is 4.54. The van der Waals surface area contributed by atoms with Crippen LogP contribution in [0.5, 0.6) is 0 Å². The van der Waals surface area contributed by atoms with Gasteiger partial charge in [-0.2, -0.15) is 0 Å². The van der Waals surface area contributed by atoms with Crippen LogP contribution in [-0.2, 0) is 0 Å². The Morgan fingerprint density at radius 2 is 1.95 bits per heavy atom. The Hall–Kier alpha value is -1.57. The monoisotopic (exact) mass is 254 g/mol. The number of nitrogens with one attached hydrogen (secondary N) is 1. The van der Waals surface area contributed by atoms with Crippen LogP contribution in [0.1, 0.15) is 37.7 Å². The number of benzene rings is 1. The highest BCUT2D eigenvalue weighted by molar-refractivity contribution is 5.81. The summed E-state index contributed by atoms with van der Waals surface area (Å²) in [6, 6.07) is 10.6. The number of aryl methyl sites for hydroxylation is 1. The molecule has 0 saturated heterocycles. The molecule has 19 heavy (non-hydrogen) atoms. The number of rotatable bonds is 3. The molecule has 100 valence electrons. The maximum atomic E-state index is 4.75. The average Bonchev–Trinajstić information content (AvgIpc) is 2.46. The number of para-hydroxylation sites is 1. The zero-order valence-corrected chi connectivity index (χ0v) is 11.7. The van der Waals surface area contributed by atoms with E-state index in [4.69, 9.17) is 4.98 Å². The lowest BCUT2D eigenvalue weighted by Crippen LogP contribution is -2.18. The molecule has 1 aliphatic rings. The Morgan fingerprint density at radius 1 is 1.16 bits per heavy atom. The molecule has 1 fully saturated rings. The van der Waals surface area contributed by atoms with Crippen LogP contribution in [0.25, 0.3) is 10.9 Å². The van der Waals surface area contributed by atoms with Gasteiger partial charge in [-0.15, -0.1) is 0 Å². The minimum absolute atomic E-state index is 0.835. The normalized spacial score (nSPS) is 16.7. The van der Waals surface area contributed by atoms with Gasteiger partial charge in [-0.05, 0) is 43.4 Å². The number of pyridine rings is 1. The third-order valence-corrected chi connectivity index (χ3v) is 4.20. The number of fused-ring (bicyclic) bond motifs is 1. The fraction of sp³-hybridized carbons (Fsp3) is 0.471. The van der Waals surface area contributed by atoms with Crippen molar-refractivity contribution in [3.63, 3.8) is 0 Å². The van der Waals surface area contributed by atoms with E-state index in [0.29, 0.717) is 0 Å². The van der Waals surface area contributed by atoms with Crippen LogP contribution in [0.2, 0.25) is 0 Å². The number of hydrogen-bond acceptors (Lipinski definition) is 2. The zero-order chi connectivity index (χ0) is 13.1. The molecule has 1 saturated carbocycles. The van der Waals surface area contributed by atoms with E-state index in [-0.39, 0.29) is 0 Å². The van der Waals surface area contributed by atoms with Crippen molar-refractivity contribution < 1.29 is 0 Å². The van der Waals surface area contributed by atoms with Crippen LogP contribution in [0.3, 0.4) is 0 Å². The lowest BCUT2D eigenvalue weighted by Gasteiger charge is -2.22. The summed E-state index contributed by atoms with van der Waals surface area (Å²) in [5, 5.41) is 4.79. The Bertz CT molecular complexity index is 556. The smallest absolute Gasteiger partial charge is 0.129 e. The first-order valence-electron chi connectivity index (χ1n) is 7.43. The molecule has 1 aromatic carbocycles. The summed E-state index contributed by atoms with van der Waals surface area (Å²) in [7, 11) is 0. The lowest BCUT2D eigenvalue weighted by molar-refractivity contribution is 0.373. The Morgan fingerprint density at radius 3 is 2.79 bits per heavy atom.